The maximum Gasteiger partial charge on any atom is 0.261 e. The topological polar surface area (TPSA) is 38.3 Å². The van der Waals surface area contributed by atoms with Crippen molar-refractivity contribution < 1.29 is 18.3 Å². The molecule has 1 aromatic carbocycles. The van der Waals surface area contributed by atoms with E-state index in [4.69, 9.17) is 4.74 Å². The lowest BCUT2D eigenvalue weighted by molar-refractivity contribution is -0.116. The molecule has 1 N–H and O–H groups in total. The Bertz CT molecular complexity index is 497. The number of halogens is 3. The van der Waals surface area contributed by atoms with Gasteiger partial charge in [0.05, 0.1) is 0 Å². The third kappa shape index (κ3) is 5.04. The van der Waals surface area contributed by atoms with Crippen LogP contribution in [0.15, 0.2) is 18.2 Å². The van der Waals surface area contributed by atoms with Crippen LogP contribution in [0.3, 0.4) is 0 Å². The van der Waals surface area contributed by atoms with Gasteiger partial charge in [-0.25, -0.2) is 8.78 Å². The maximum atomic E-state index is 12.0. The van der Waals surface area contributed by atoms with Crippen molar-refractivity contribution in [3.8, 4) is 0 Å². The Kier molecular flexibility index (Phi) is 6.11. The number of anilines is 1. The summed E-state index contributed by atoms with van der Waals surface area (Å²) in [7, 11) is 0. The average Bonchev–Trinajstić information content (AvgIpc) is 2.62. The van der Waals surface area contributed by atoms with E-state index in [0.29, 0.717) is 12.8 Å². The number of fused-ring (bicyclic) bond motifs is 1. The van der Waals surface area contributed by atoms with Crippen LogP contribution < -0.4 is 5.32 Å². The fourth-order valence-electron chi connectivity index (χ4n) is 2.32. The second-order valence-electron chi connectivity index (χ2n) is 5.04. The highest BCUT2D eigenvalue weighted by molar-refractivity contribution is 9.09. The first-order valence-corrected chi connectivity index (χ1v) is 7.90. The Morgan fingerprint density at radius 2 is 2.14 bits per heavy atom. The molecule has 1 amide bonds. The summed E-state index contributed by atoms with van der Waals surface area (Å²) < 4.78 is 28.8. The Labute approximate surface area is 131 Å². The van der Waals surface area contributed by atoms with E-state index in [1.807, 2.05) is 12.1 Å². The van der Waals surface area contributed by atoms with Gasteiger partial charge in [-0.1, -0.05) is 28.1 Å². The van der Waals surface area contributed by atoms with Crippen LogP contribution in [-0.4, -0.2) is 25.5 Å². The third-order valence-electron chi connectivity index (χ3n) is 3.37. The van der Waals surface area contributed by atoms with E-state index in [2.05, 4.69) is 27.3 Å². The van der Waals surface area contributed by atoms with Gasteiger partial charge in [0.25, 0.3) is 6.43 Å². The van der Waals surface area contributed by atoms with Crippen molar-refractivity contribution in [2.24, 2.45) is 0 Å². The molecule has 0 fully saturated rings. The molecule has 1 heterocycles. The van der Waals surface area contributed by atoms with Crippen LogP contribution in [-0.2, 0) is 16.0 Å². The molecule has 2 rings (SSSR count). The highest BCUT2D eigenvalue weighted by Crippen LogP contribution is 2.31. The number of hydrogen-bond donors (Lipinski definition) is 1. The van der Waals surface area contributed by atoms with Crippen LogP contribution in [0, 0.1) is 0 Å². The van der Waals surface area contributed by atoms with Crippen molar-refractivity contribution in [2.45, 2.75) is 36.9 Å². The van der Waals surface area contributed by atoms with Crippen molar-refractivity contribution in [2.75, 3.05) is 18.5 Å². The zero-order valence-corrected chi connectivity index (χ0v) is 13.2. The van der Waals surface area contributed by atoms with Gasteiger partial charge in [0.1, 0.15) is 6.61 Å². The van der Waals surface area contributed by atoms with E-state index in [1.54, 1.807) is 0 Å². The smallest absolute Gasteiger partial charge is 0.261 e. The van der Waals surface area contributed by atoms with Crippen LogP contribution in [0.5, 0.6) is 0 Å². The molecule has 1 atom stereocenters. The van der Waals surface area contributed by atoms with Crippen LogP contribution in [0.1, 0.15) is 35.2 Å². The first kappa shape index (κ1) is 16.4. The Morgan fingerprint density at radius 3 is 2.90 bits per heavy atom. The molecule has 0 aliphatic carbocycles. The van der Waals surface area contributed by atoms with Gasteiger partial charge in [-0.3, -0.25) is 4.79 Å². The molecular weight excluding hydrogens is 344 g/mol. The molecule has 1 aliphatic heterocycles. The first-order valence-electron chi connectivity index (χ1n) is 6.99. The van der Waals surface area contributed by atoms with Crippen LogP contribution in [0.2, 0.25) is 0 Å². The van der Waals surface area contributed by atoms with E-state index >= 15 is 0 Å². The number of aryl methyl sites for hydroxylation is 1. The summed E-state index contributed by atoms with van der Waals surface area (Å²) in [5.41, 5.74) is 3.07. The summed E-state index contributed by atoms with van der Waals surface area (Å²) in [4.78, 5) is 11.6. The molecule has 6 heteroatoms. The predicted octanol–water partition coefficient (Wildman–Crippen LogP) is 4.07. The number of amides is 1. The summed E-state index contributed by atoms with van der Waals surface area (Å²) in [6.07, 6.45) is 0.451. The van der Waals surface area contributed by atoms with Crippen molar-refractivity contribution in [3.05, 3.63) is 29.3 Å². The van der Waals surface area contributed by atoms with Crippen molar-refractivity contribution in [3.63, 3.8) is 0 Å². The number of hydrogen-bond acceptors (Lipinski definition) is 2. The summed E-state index contributed by atoms with van der Waals surface area (Å²) in [5.74, 6) is 0.0530. The molecule has 1 aliphatic rings. The molecule has 1 aromatic rings. The van der Waals surface area contributed by atoms with Crippen molar-refractivity contribution >= 4 is 27.5 Å². The molecule has 0 radical (unpaired) electrons. The fraction of sp³-hybridized carbons (Fsp3) is 0.533. The standard InChI is InChI=1S/C15H18BrF2NO2/c16-12(6-7-21-9-14(17)18)10-4-5-13-11(8-10)2-1-3-15(20)19-13/h4-5,8,12,14H,1-3,6-7,9H2,(H,19,20). The van der Waals surface area contributed by atoms with Gasteiger partial charge in [-0.2, -0.15) is 0 Å². The van der Waals surface area contributed by atoms with Gasteiger partial charge in [-0.05, 0) is 36.5 Å². The molecule has 1 unspecified atom stereocenters. The van der Waals surface area contributed by atoms with E-state index in [9.17, 15) is 13.6 Å². The van der Waals surface area contributed by atoms with Crippen LogP contribution in [0.25, 0.3) is 0 Å². The van der Waals surface area contributed by atoms with Crippen molar-refractivity contribution in [1.82, 2.24) is 0 Å². The van der Waals surface area contributed by atoms with Crippen molar-refractivity contribution in [1.29, 1.82) is 0 Å². The molecule has 0 bridgehead atoms. The van der Waals surface area contributed by atoms with E-state index in [0.717, 1.165) is 29.7 Å². The summed E-state index contributed by atoms with van der Waals surface area (Å²) in [6.45, 7) is -0.232. The van der Waals surface area contributed by atoms with E-state index in [-0.39, 0.29) is 17.3 Å². The van der Waals surface area contributed by atoms with Gasteiger partial charge < -0.3 is 10.1 Å². The molecule has 21 heavy (non-hydrogen) atoms. The normalized spacial score (nSPS) is 16.3. The fourth-order valence-corrected chi connectivity index (χ4v) is 2.79. The minimum atomic E-state index is -2.42. The lowest BCUT2D eigenvalue weighted by Crippen LogP contribution is -2.09. The quantitative estimate of drug-likeness (QED) is 0.612. The number of benzene rings is 1. The molecule has 0 aromatic heterocycles. The average molecular weight is 362 g/mol. The molecule has 0 spiro atoms. The zero-order valence-electron chi connectivity index (χ0n) is 11.6. The maximum absolute atomic E-state index is 12.0. The number of carbonyl (C=O) groups is 1. The molecule has 0 saturated carbocycles. The first-order chi connectivity index (χ1) is 10.1. The number of carbonyl (C=O) groups excluding carboxylic acids is 1. The van der Waals surface area contributed by atoms with Gasteiger partial charge in [0.15, 0.2) is 0 Å². The Morgan fingerprint density at radius 1 is 1.33 bits per heavy atom. The lowest BCUT2D eigenvalue weighted by Gasteiger charge is -2.14. The molecule has 0 saturated heterocycles. The summed E-state index contributed by atoms with van der Waals surface area (Å²) >= 11 is 3.56. The second kappa shape index (κ2) is 7.84. The number of ether oxygens (including phenoxy) is 1. The highest BCUT2D eigenvalue weighted by atomic mass is 79.9. The SMILES string of the molecule is O=C1CCCc2cc(C(Br)CCOCC(F)F)ccc2N1. The minimum absolute atomic E-state index is 0.0530. The van der Waals surface area contributed by atoms with E-state index < -0.39 is 13.0 Å². The lowest BCUT2D eigenvalue weighted by atomic mass is 10.0. The molecule has 3 nitrogen and oxygen atoms in total. The Balaban J connectivity index is 1.94. The van der Waals surface area contributed by atoms with Gasteiger partial charge in [0, 0.05) is 23.5 Å². The van der Waals surface area contributed by atoms with Gasteiger partial charge in [-0.15, -0.1) is 0 Å². The minimum Gasteiger partial charge on any atom is -0.375 e. The number of nitrogens with one attached hydrogen (secondary N) is 1. The molecule has 116 valence electrons. The number of alkyl halides is 3. The van der Waals surface area contributed by atoms with Crippen LogP contribution in [0.4, 0.5) is 14.5 Å². The monoisotopic (exact) mass is 361 g/mol. The summed E-state index contributed by atoms with van der Waals surface area (Å²) in [5, 5.41) is 2.89. The van der Waals surface area contributed by atoms with Gasteiger partial charge >= 0.3 is 0 Å². The highest BCUT2D eigenvalue weighted by Gasteiger charge is 2.15. The number of rotatable bonds is 6. The Hall–Kier alpha value is -1.01. The molecular formula is C15H18BrF2NO2. The van der Waals surface area contributed by atoms with Gasteiger partial charge in [0.2, 0.25) is 5.91 Å². The largest absolute Gasteiger partial charge is 0.375 e. The predicted molar refractivity (Wildman–Crippen MR) is 81.1 cm³/mol. The third-order valence-corrected chi connectivity index (χ3v) is 4.36. The second-order valence-corrected chi connectivity index (χ2v) is 6.15. The van der Waals surface area contributed by atoms with Crippen LogP contribution >= 0.6 is 15.9 Å². The summed E-state index contributed by atoms with van der Waals surface area (Å²) in [6, 6.07) is 5.91. The zero-order chi connectivity index (χ0) is 15.2. The van der Waals surface area contributed by atoms with E-state index in [1.165, 1.54) is 0 Å².